The van der Waals surface area contributed by atoms with Gasteiger partial charge in [0.1, 0.15) is 28.4 Å². The van der Waals surface area contributed by atoms with E-state index >= 15 is 0 Å². The predicted octanol–water partition coefficient (Wildman–Crippen LogP) is 2.42. The van der Waals surface area contributed by atoms with Gasteiger partial charge in [-0.05, 0) is 83.1 Å². The Kier molecular flexibility index (Phi) is 16.4. The fourth-order valence-corrected chi connectivity index (χ4v) is 4.90. The van der Waals surface area contributed by atoms with Gasteiger partial charge in [0, 0.05) is 52.4 Å². The summed E-state index contributed by atoms with van der Waals surface area (Å²) in [6.45, 7) is 23.6. The Morgan fingerprint density at radius 3 is 1.02 bits per heavy atom. The lowest BCUT2D eigenvalue weighted by Crippen LogP contribution is -2.53. The van der Waals surface area contributed by atoms with Crippen LogP contribution in [0.3, 0.4) is 0 Å². The molecule has 1 saturated heterocycles. The number of aliphatic carboxylic acids is 1. The molecule has 278 valence electrons. The van der Waals surface area contributed by atoms with E-state index in [1.807, 2.05) is 14.7 Å². The number of hydrogen-bond donors (Lipinski definition) is 1. The minimum atomic E-state index is -1.16. The number of nitrogens with zero attached hydrogens (tertiary/aromatic N) is 4. The Balaban J connectivity index is 3.48. The summed E-state index contributed by atoms with van der Waals surface area (Å²) in [7, 11) is 0. The third kappa shape index (κ3) is 20.5. The van der Waals surface area contributed by atoms with Gasteiger partial charge in [-0.3, -0.25) is 43.6 Å². The molecule has 0 spiro atoms. The predicted molar refractivity (Wildman–Crippen MR) is 180 cm³/mol. The van der Waals surface area contributed by atoms with E-state index in [1.54, 1.807) is 88.0 Å². The summed E-state index contributed by atoms with van der Waals surface area (Å²) < 4.78 is 22.4. The number of ether oxygens (including phenoxy) is 4. The minimum Gasteiger partial charge on any atom is -0.481 e. The zero-order valence-electron chi connectivity index (χ0n) is 31.5. The Bertz CT molecular complexity index is 1040. The first kappa shape index (κ1) is 43.2. The molecule has 1 aliphatic rings. The molecule has 0 amide bonds. The smallest absolute Gasteiger partial charge is 0.324 e. The molecule has 1 aliphatic heterocycles. The summed E-state index contributed by atoms with van der Waals surface area (Å²) in [5.41, 5.74) is -2.90. The van der Waals surface area contributed by atoms with Crippen molar-refractivity contribution in [1.82, 2.24) is 19.6 Å². The maximum Gasteiger partial charge on any atom is 0.324 e. The van der Waals surface area contributed by atoms with E-state index in [-0.39, 0.29) is 45.8 Å². The van der Waals surface area contributed by atoms with E-state index in [2.05, 4.69) is 0 Å². The number of carboxylic acids is 1. The minimum absolute atomic E-state index is 0.00325. The van der Waals surface area contributed by atoms with Gasteiger partial charge in [0.15, 0.2) is 0 Å². The standard InChI is InChI=1S/C34H62N4O10/c1-31(2,3)45-27(41)22-35-13-15-36(23-28(42)46-32(4,5)6)17-19-38(25(21-26(39)40)30(44)48-34(10,11)12)20-18-37(16-14-35)24-29(43)47-33(7,8)9/h25H,13-24H2,1-12H3,(H,39,40). The third-order valence-electron chi connectivity index (χ3n) is 6.68. The number of carbonyl (C=O) groups is 5. The first-order chi connectivity index (χ1) is 21.7. The van der Waals surface area contributed by atoms with Gasteiger partial charge in [-0.1, -0.05) is 0 Å². The van der Waals surface area contributed by atoms with E-state index in [9.17, 15) is 29.1 Å². The second kappa shape index (κ2) is 18.3. The van der Waals surface area contributed by atoms with Crippen LogP contribution in [0, 0.1) is 0 Å². The highest BCUT2D eigenvalue weighted by Crippen LogP contribution is 2.16. The van der Waals surface area contributed by atoms with Crippen LogP contribution >= 0.6 is 0 Å². The lowest BCUT2D eigenvalue weighted by Gasteiger charge is -2.37. The van der Waals surface area contributed by atoms with Crippen LogP contribution < -0.4 is 0 Å². The average molecular weight is 687 g/mol. The van der Waals surface area contributed by atoms with E-state index in [0.29, 0.717) is 26.2 Å². The largest absolute Gasteiger partial charge is 0.481 e. The Labute approximate surface area is 287 Å². The fourth-order valence-electron chi connectivity index (χ4n) is 4.90. The molecule has 0 aromatic rings. The molecule has 0 bridgehead atoms. The van der Waals surface area contributed by atoms with Crippen molar-refractivity contribution in [1.29, 1.82) is 0 Å². The number of carbonyl (C=O) groups excluding carboxylic acids is 4. The van der Waals surface area contributed by atoms with Crippen molar-refractivity contribution < 1.29 is 48.0 Å². The first-order valence-corrected chi connectivity index (χ1v) is 16.7. The molecule has 1 unspecified atom stereocenters. The van der Waals surface area contributed by atoms with E-state index in [1.165, 1.54) is 0 Å². The molecule has 48 heavy (non-hydrogen) atoms. The summed E-state index contributed by atoms with van der Waals surface area (Å²) in [5, 5.41) is 9.78. The maximum absolute atomic E-state index is 13.4. The van der Waals surface area contributed by atoms with Crippen LogP contribution in [0.2, 0.25) is 0 Å². The summed E-state index contributed by atoms with van der Waals surface area (Å²) in [6, 6.07) is -1.11. The van der Waals surface area contributed by atoms with Crippen LogP contribution in [-0.4, -0.2) is 155 Å². The molecule has 0 radical (unpaired) electrons. The van der Waals surface area contributed by atoms with Crippen molar-refractivity contribution in [3.05, 3.63) is 0 Å². The number of esters is 4. The van der Waals surface area contributed by atoms with Gasteiger partial charge < -0.3 is 24.1 Å². The van der Waals surface area contributed by atoms with Crippen LogP contribution in [0.5, 0.6) is 0 Å². The van der Waals surface area contributed by atoms with Gasteiger partial charge in [-0.2, -0.15) is 0 Å². The molecule has 0 saturated carbocycles. The highest BCUT2D eigenvalue weighted by atomic mass is 16.6. The topological polar surface area (TPSA) is 155 Å². The maximum atomic E-state index is 13.4. The fraction of sp³-hybridized carbons (Fsp3) is 0.853. The van der Waals surface area contributed by atoms with Crippen LogP contribution in [0.1, 0.15) is 89.5 Å². The van der Waals surface area contributed by atoms with E-state index < -0.39 is 64.7 Å². The molecule has 1 fully saturated rings. The highest BCUT2D eigenvalue weighted by molar-refractivity contribution is 5.82. The molecule has 1 N–H and O–H groups in total. The lowest BCUT2D eigenvalue weighted by molar-refractivity contribution is -0.165. The molecule has 0 aromatic heterocycles. The quantitative estimate of drug-likeness (QED) is 0.264. The Morgan fingerprint density at radius 2 is 0.771 bits per heavy atom. The zero-order chi connectivity index (χ0) is 37.1. The number of rotatable bonds is 10. The van der Waals surface area contributed by atoms with E-state index in [0.717, 1.165) is 0 Å². The molecule has 1 atom stereocenters. The summed E-state index contributed by atoms with van der Waals surface area (Å²) in [5.74, 6) is -3.09. The van der Waals surface area contributed by atoms with Crippen LogP contribution in [0.15, 0.2) is 0 Å². The summed E-state index contributed by atoms with van der Waals surface area (Å²) in [6.07, 6.45) is -0.489. The molecule has 14 nitrogen and oxygen atoms in total. The summed E-state index contributed by atoms with van der Waals surface area (Å²) >= 11 is 0. The highest BCUT2D eigenvalue weighted by Gasteiger charge is 2.34. The lowest BCUT2D eigenvalue weighted by atomic mass is 10.1. The van der Waals surface area contributed by atoms with Gasteiger partial charge in [0.05, 0.1) is 26.1 Å². The average Bonchev–Trinajstić information content (AvgIpc) is 2.83. The summed E-state index contributed by atoms with van der Waals surface area (Å²) in [4.78, 5) is 71.5. The van der Waals surface area contributed by atoms with Crippen LogP contribution in [-0.2, 0) is 42.9 Å². The van der Waals surface area contributed by atoms with Gasteiger partial charge >= 0.3 is 29.8 Å². The third-order valence-corrected chi connectivity index (χ3v) is 6.68. The van der Waals surface area contributed by atoms with Crippen LogP contribution in [0.25, 0.3) is 0 Å². The first-order valence-electron chi connectivity index (χ1n) is 16.7. The SMILES string of the molecule is CC(C)(C)OC(=O)CN1CCN(CC(=O)OC(C)(C)C)CCN(C(CC(=O)O)C(=O)OC(C)(C)C)CCN(CC(=O)OC(C)(C)C)CC1. The molecular formula is C34H62N4O10. The van der Waals surface area contributed by atoms with Gasteiger partial charge in [0.2, 0.25) is 0 Å². The zero-order valence-corrected chi connectivity index (χ0v) is 31.5. The second-order valence-electron chi connectivity index (χ2n) is 16.3. The van der Waals surface area contributed by atoms with Crippen molar-refractivity contribution in [2.24, 2.45) is 0 Å². The molecular weight excluding hydrogens is 624 g/mol. The normalized spacial score (nSPS) is 18.2. The molecule has 1 heterocycles. The Hall–Kier alpha value is -2.81. The monoisotopic (exact) mass is 686 g/mol. The number of hydrogen-bond acceptors (Lipinski definition) is 13. The van der Waals surface area contributed by atoms with Gasteiger partial charge in [-0.25, -0.2) is 0 Å². The van der Waals surface area contributed by atoms with Crippen LogP contribution in [0.4, 0.5) is 0 Å². The van der Waals surface area contributed by atoms with Crippen molar-refractivity contribution in [2.75, 3.05) is 72.0 Å². The van der Waals surface area contributed by atoms with E-state index in [4.69, 9.17) is 18.9 Å². The molecule has 0 aliphatic carbocycles. The second-order valence-corrected chi connectivity index (χ2v) is 16.3. The van der Waals surface area contributed by atoms with Crippen molar-refractivity contribution in [3.63, 3.8) is 0 Å². The molecule has 14 heteroatoms. The van der Waals surface area contributed by atoms with Crippen molar-refractivity contribution in [3.8, 4) is 0 Å². The van der Waals surface area contributed by atoms with Gasteiger partial charge in [0.25, 0.3) is 0 Å². The van der Waals surface area contributed by atoms with Gasteiger partial charge in [-0.15, -0.1) is 0 Å². The molecule has 1 rings (SSSR count). The Morgan fingerprint density at radius 1 is 0.500 bits per heavy atom. The molecule has 0 aromatic carbocycles. The van der Waals surface area contributed by atoms with Crippen molar-refractivity contribution >= 4 is 29.8 Å². The van der Waals surface area contributed by atoms with Crippen molar-refractivity contribution in [2.45, 2.75) is 118 Å². The number of carboxylic acid groups (broad SMARTS) is 1.